The molecule has 4 rings (SSSR count). The first-order chi connectivity index (χ1) is 15.0. The average molecular weight is 471 g/mol. The molecule has 1 aliphatic rings. The lowest BCUT2D eigenvalue weighted by Crippen LogP contribution is -2.63. The van der Waals surface area contributed by atoms with Crippen LogP contribution in [0.25, 0.3) is 11.2 Å². The SMILES string of the molecule is BC1(B)CN(C(B)(B)Cn2cnc3nc(NCc4ccc(Cl)c(Cl)c4)[nH]c(=O)c32)CCO1. The first-order valence-corrected chi connectivity index (χ1v) is 11.3. The lowest BCUT2D eigenvalue weighted by Gasteiger charge is -2.47. The highest BCUT2D eigenvalue weighted by atomic mass is 35.5. The van der Waals surface area contributed by atoms with Gasteiger partial charge in [-0.05, 0) is 23.0 Å². The van der Waals surface area contributed by atoms with E-state index in [4.69, 9.17) is 27.9 Å². The summed E-state index contributed by atoms with van der Waals surface area (Å²) in [6.07, 6.45) is 1.68. The molecular formula is C18H24B4Cl2N6O2. The van der Waals surface area contributed by atoms with Crippen molar-refractivity contribution in [1.29, 1.82) is 0 Å². The van der Waals surface area contributed by atoms with Crippen molar-refractivity contribution in [2.75, 3.05) is 25.0 Å². The number of hydrogen-bond acceptors (Lipinski definition) is 6. The van der Waals surface area contributed by atoms with Crippen LogP contribution in [0.3, 0.4) is 0 Å². The second kappa shape index (κ2) is 8.82. The third-order valence-corrected chi connectivity index (χ3v) is 6.51. The van der Waals surface area contributed by atoms with Gasteiger partial charge in [0, 0.05) is 31.6 Å². The number of ether oxygens (including phenoxy) is 1. The molecule has 0 saturated carbocycles. The molecule has 1 aliphatic heterocycles. The summed E-state index contributed by atoms with van der Waals surface area (Å²) in [7, 11) is 8.55. The molecule has 0 bridgehead atoms. The molecule has 14 heteroatoms. The maximum absolute atomic E-state index is 12.9. The highest BCUT2D eigenvalue weighted by Crippen LogP contribution is 2.23. The number of morpholine rings is 1. The quantitative estimate of drug-likeness (QED) is 0.414. The molecule has 1 saturated heterocycles. The second-order valence-electron chi connectivity index (χ2n) is 9.40. The van der Waals surface area contributed by atoms with E-state index in [1.807, 2.05) is 10.6 Å². The van der Waals surface area contributed by atoms with Gasteiger partial charge >= 0.3 is 0 Å². The predicted octanol–water partition coefficient (Wildman–Crippen LogP) is -1.79. The molecule has 8 nitrogen and oxygen atoms in total. The summed E-state index contributed by atoms with van der Waals surface area (Å²) in [6, 6.07) is 5.37. The topological polar surface area (TPSA) is 88.1 Å². The Morgan fingerprint density at radius 2 is 2.06 bits per heavy atom. The van der Waals surface area contributed by atoms with E-state index in [0.29, 0.717) is 46.9 Å². The van der Waals surface area contributed by atoms with Crippen molar-refractivity contribution >= 4 is 71.7 Å². The number of rotatable bonds is 6. The van der Waals surface area contributed by atoms with Crippen molar-refractivity contribution in [2.45, 2.75) is 23.8 Å². The lowest BCUT2D eigenvalue weighted by molar-refractivity contribution is -0.0244. The van der Waals surface area contributed by atoms with Gasteiger partial charge in [0.2, 0.25) is 5.95 Å². The summed E-state index contributed by atoms with van der Waals surface area (Å²) in [4.78, 5) is 27.0. The molecule has 0 aliphatic carbocycles. The van der Waals surface area contributed by atoms with Gasteiger partial charge in [0.15, 0.2) is 11.2 Å². The van der Waals surface area contributed by atoms with Crippen LogP contribution >= 0.6 is 23.2 Å². The molecule has 2 aromatic heterocycles. The number of imidazole rings is 1. The number of halogens is 2. The Balaban J connectivity index is 1.52. The van der Waals surface area contributed by atoms with Crippen LogP contribution in [0, 0.1) is 0 Å². The molecular weight excluding hydrogens is 446 g/mol. The Bertz CT molecular complexity index is 1200. The Kier molecular flexibility index (Phi) is 6.42. The minimum absolute atomic E-state index is 0.189. The Morgan fingerprint density at radius 3 is 2.78 bits per heavy atom. The van der Waals surface area contributed by atoms with Gasteiger partial charge in [-0.15, -0.1) is 0 Å². The Labute approximate surface area is 200 Å². The van der Waals surface area contributed by atoms with E-state index in [0.717, 1.165) is 18.7 Å². The fraction of sp³-hybridized carbons (Fsp3) is 0.389. The molecule has 32 heavy (non-hydrogen) atoms. The minimum Gasteiger partial charge on any atom is -0.390 e. The molecule has 2 N–H and O–H groups in total. The highest BCUT2D eigenvalue weighted by molar-refractivity contribution is 6.42. The van der Waals surface area contributed by atoms with Crippen molar-refractivity contribution in [1.82, 2.24) is 24.4 Å². The zero-order valence-electron chi connectivity index (χ0n) is 18.7. The fourth-order valence-electron chi connectivity index (χ4n) is 4.08. The van der Waals surface area contributed by atoms with Gasteiger partial charge in [0.05, 0.1) is 23.0 Å². The van der Waals surface area contributed by atoms with Gasteiger partial charge in [0.1, 0.15) is 31.4 Å². The van der Waals surface area contributed by atoms with Gasteiger partial charge in [-0.3, -0.25) is 9.78 Å². The smallest absolute Gasteiger partial charge is 0.278 e. The maximum Gasteiger partial charge on any atom is 0.278 e. The number of anilines is 1. The molecule has 164 valence electrons. The molecule has 0 radical (unpaired) electrons. The highest BCUT2D eigenvalue weighted by Gasteiger charge is 2.35. The monoisotopic (exact) mass is 470 g/mol. The molecule has 1 aromatic carbocycles. The summed E-state index contributed by atoms with van der Waals surface area (Å²) >= 11 is 12.0. The van der Waals surface area contributed by atoms with E-state index >= 15 is 0 Å². The third kappa shape index (κ3) is 5.03. The van der Waals surface area contributed by atoms with Gasteiger partial charge in [-0.2, -0.15) is 4.98 Å². The van der Waals surface area contributed by atoms with Crippen LogP contribution in [-0.4, -0.2) is 86.2 Å². The summed E-state index contributed by atoms with van der Waals surface area (Å²) in [5.41, 5.74) is 1.55. The van der Waals surface area contributed by atoms with Crippen LogP contribution in [0.4, 0.5) is 5.95 Å². The number of fused-ring (bicyclic) bond motifs is 1. The Morgan fingerprint density at radius 1 is 1.28 bits per heavy atom. The number of aromatic nitrogens is 4. The molecule has 3 aromatic rings. The van der Waals surface area contributed by atoms with Crippen molar-refractivity contribution in [2.24, 2.45) is 0 Å². The molecule has 1 fully saturated rings. The first kappa shape index (κ1) is 23.3. The van der Waals surface area contributed by atoms with Crippen LogP contribution in [0.15, 0.2) is 29.3 Å². The van der Waals surface area contributed by atoms with Gasteiger partial charge < -0.3 is 19.5 Å². The molecule has 0 unspecified atom stereocenters. The van der Waals surface area contributed by atoms with E-state index in [1.165, 1.54) is 0 Å². The van der Waals surface area contributed by atoms with Crippen molar-refractivity contribution in [3.8, 4) is 0 Å². The fourth-order valence-corrected chi connectivity index (χ4v) is 4.40. The van der Waals surface area contributed by atoms with E-state index in [1.54, 1.807) is 18.5 Å². The van der Waals surface area contributed by atoms with Gasteiger partial charge in [0.25, 0.3) is 5.56 Å². The van der Waals surface area contributed by atoms with E-state index in [9.17, 15) is 4.79 Å². The first-order valence-electron chi connectivity index (χ1n) is 10.6. The number of nitrogens with one attached hydrogen (secondary N) is 2. The lowest BCUT2D eigenvalue weighted by atomic mass is 9.57. The number of benzene rings is 1. The number of hydrogen-bond donors (Lipinski definition) is 2. The summed E-state index contributed by atoms with van der Waals surface area (Å²) in [6.45, 7) is 3.41. The van der Waals surface area contributed by atoms with Gasteiger partial charge in [-0.25, -0.2) is 4.98 Å². The maximum atomic E-state index is 12.9. The summed E-state index contributed by atoms with van der Waals surface area (Å²) < 4.78 is 7.73. The van der Waals surface area contributed by atoms with Crippen molar-refractivity contribution < 1.29 is 4.74 Å². The number of aromatic amines is 1. The zero-order chi connectivity index (χ0) is 23.1. The average Bonchev–Trinajstić information content (AvgIpc) is 3.10. The van der Waals surface area contributed by atoms with Crippen molar-refractivity contribution in [3.05, 3.63) is 50.5 Å². The predicted molar refractivity (Wildman–Crippen MR) is 139 cm³/mol. The van der Waals surface area contributed by atoms with E-state index in [-0.39, 0.29) is 16.3 Å². The van der Waals surface area contributed by atoms with E-state index in [2.05, 4.69) is 56.6 Å². The molecule has 0 spiro atoms. The summed E-state index contributed by atoms with van der Waals surface area (Å²) in [5.74, 6) is 0.355. The standard InChI is InChI=1S/C18H24B4Cl2N6O2/c19-17(20,30-3-4-32-18(21,22)8-30)7-29-9-26-14-13(29)15(31)28-16(27-14)25-6-10-1-2-11(23)12(24)5-10/h1-2,5,9H,3-4,6-8,19-22H2,(H2,25,27,28,31). The molecule has 0 amide bonds. The van der Waals surface area contributed by atoms with Crippen molar-refractivity contribution in [3.63, 3.8) is 0 Å². The van der Waals surface area contributed by atoms with Crippen LogP contribution in [0.1, 0.15) is 5.56 Å². The molecule has 3 heterocycles. The van der Waals surface area contributed by atoms with Gasteiger partial charge in [-0.1, -0.05) is 29.3 Å². The van der Waals surface area contributed by atoms with E-state index < -0.39 is 0 Å². The van der Waals surface area contributed by atoms with Crippen LogP contribution in [-0.2, 0) is 17.8 Å². The number of nitrogens with zero attached hydrogens (tertiary/aromatic N) is 4. The summed E-state index contributed by atoms with van der Waals surface area (Å²) in [5, 5.41) is 3.71. The third-order valence-electron chi connectivity index (χ3n) is 5.77. The zero-order valence-corrected chi connectivity index (χ0v) is 20.2. The largest absolute Gasteiger partial charge is 0.390 e. The van der Waals surface area contributed by atoms with Crippen LogP contribution < -0.4 is 10.9 Å². The molecule has 0 atom stereocenters. The number of H-pyrrole nitrogens is 1. The van der Waals surface area contributed by atoms with Crippen LogP contribution in [0.5, 0.6) is 0 Å². The normalized spacial score (nSPS) is 16.9. The van der Waals surface area contributed by atoms with Crippen LogP contribution in [0.2, 0.25) is 10.0 Å². The minimum atomic E-state index is -0.234. The second-order valence-corrected chi connectivity index (χ2v) is 10.2. The Hall–Kier alpha value is -1.87.